The molecule has 0 amide bonds. The van der Waals surface area contributed by atoms with E-state index in [1.54, 1.807) is 12.1 Å². The van der Waals surface area contributed by atoms with Gasteiger partial charge in [-0.15, -0.1) is 0 Å². The first-order valence-electron chi connectivity index (χ1n) is 12.4. The molecule has 0 spiro atoms. The number of rotatable bonds is 8. The topological polar surface area (TPSA) is 15.7 Å². The van der Waals surface area contributed by atoms with Gasteiger partial charge in [0.15, 0.2) is 0 Å². The number of halogens is 3. The number of nitrogens with zero attached hydrogens (tertiary/aromatic N) is 2. The summed E-state index contributed by atoms with van der Waals surface area (Å²) in [5, 5.41) is 0. The van der Waals surface area contributed by atoms with E-state index in [2.05, 4.69) is 41.9 Å². The molecule has 1 heterocycles. The summed E-state index contributed by atoms with van der Waals surface area (Å²) in [4.78, 5) is 4.61. The molecule has 0 bridgehead atoms. The minimum Gasteiger partial charge on any atom is -0.489 e. The number of hydrogen-bond acceptors (Lipinski definition) is 3. The van der Waals surface area contributed by atoms with Gasteiger partial charge < -0.3 is 14.5 Å². The second kappa shape index (κ2) is 11.5. The normalized spacial score (nSPS) is 14.4. The summed E-state index contributed by atoms with van der Waals surface area (Å²) in [6.45, 7) is 7.17. The smallest absolute Gasteiger partial charge is 0.416 e. The van der Waals surface area contributed by atoms with Crippen LogP contribution in [0.25, 0.3) is 0 Å². The molecule has 0 radical (unpaired) electrons. The molecule has 1 aliphatic rings. The van der Waals surface area contributed by atoms with Gasteiger partial charge >= 0.3 is 6.18 Å². The molecule has 3 aromatic rings. The highest BCUT2D eigenvalue weighted by atomic mass is 19.4. The van der Waals surface area contributed by atoms with E-state index in [0.29, 0.717) is 12.6 Å². The Morgan fingerprint density at radius 2 is 1.56 bits per heavy atom. The number of benzene rings is 3. The first-order valence-corrected chi connectivity index (χ1v) is 12.4. The molecule has 3 aromatic carbocycles. The van der Waals surface area contributed by atoms with Crippen LogP contribution < -0.4 is 14.5 Å². The average Bonchev–Trinajstić information content (AvgIpc) is 2.89. The van der Waals surface area contributed by atoms with Gasteiger partial charge in [0.2, 0.25) is 0 Å². The van der Waals surface area contributed by atoms with Crippen molar-refractivity contribution in [2.75, 3.05) is 29.4 Å². The zero-order valence-electron chi connectivity index (χ0n) is 20.8. The third kappa shape index (κ3) is 6.84. The molecule has 190 valence electrons. The maximum atomic E-state index is 12.9. The van der Waals surface area contributed by atoms with Crippen molar-refractivity contribution in [2.45, 2.75) is 45.5 Å². The molecule has 1 aliphatic heterocycles. The monoisotopic (exact) mass is 494 g/mol. The molecule has 1 fully saturated rings. The summed E-state index contributed by atoms with van der Waals surface area (Å²) >= 11 is 0. The lowest BCUT2D eigenvalue weighted by atomic mass is 10.0. The van der Waals surface area contributed by atoms with E-state index in [4.69, 9.17) is 4.74 Å². The third-order valence-corrected chi connectivity index (χ3v) is 6.58. The Morgan fingerprint density at radius 1 is 0.917 bits per heavy atom. The standard InChI is InChI=1S/C30H33F3N2O/c1-23(2)16-21-35(27-12-14-29(15-13-27)36-22-24-6-4-3-5-7-24)28-17-19-34(20-18-28)26-10-8-25(9-11-26)30(31,32)33/h3-16,28H,17-22H2,1-2H3. The van der Waals surface area contributed by atoms with Gasteiger partial charge in [0, 0.05) is 37.1 Å². The number of piperidine rings is 1. The van der Waals surface area contributed by atoms with Crippen molar-refractivity contribution in [3.05, 3.63) is 102 Å². The van der Waals surface area contributed by atoms with Crippen LogP contribution in [0.2, 0.25) is 0 Å². The first kappa shape index (κ1) is 25.7. The van der Waals surface area contributed by atoms with E-state index in [9.17, 15) is 13.2 Å². The van der Waals surface area contributed by atoms with Gasteiger partial charge in [0.05, 0.1) is 5.56 Å². The predicted molar refractivity (Wildman–Crippen MR) is 141 cm³/mol. The minimum atomic E-state index is -4.31. The van der Waals surface area contributed by atoms with E-state index in [0.717, 1.165) is 55.2 Å². The van der Waals surface area contributed by atoms with Crippen molar-refractivity contribution in [1.29, 1.82) is 0 Å². The maximum Gasteiger partial charge on any atom is 0.416 e. The molecule has 4 rings (SSSR count). The lowest BCUT2D eigenvalue weighted by molar-refractivity contribution is -0.137. The second-order valence-corrected chi connectivity index (χ2v) is 9.46. The third-order valence-electron chi connectivity index (χ3n) is 6.58. The minimum absolute atomic E-state index is 0.349. The van der Waals surface area contributed by atoms with Crippen molar-refractivity contribution in [3.8, 4) is 5.75 Å². The van der Waals surface area contributed by atoms with Gasteiger partial charge in [0.1, 0.15) is 12.4 Å². The molecule has 1 saturated heterocycles. The molecule has 0 atom stereocenters. The van der Waals surface area contributed by atoms with Crippen LogP contribution >= 0.6 is 0 Å². The van der Waals surface area contributed by atoms with Crippen molar-refractivity contribution >= 4 is 11.4 Å². The summed E-state index contributed by atoms with van der Waals surface area (Å²) in [5.41, 5.74) is 3.78. The zero-order valence-corrected chi connectivity index (χ0v) is 20.8. The second-order valence-electron chi connectivity index (χ2n) is 9.46. The quantitative estimate of drug-likeness (QED) is 0.298. The van der Waals surface area contributed by atoms with E-state index in [1.807, 2.05) is 42.5 Å². The van der Waals surface area contributed by atoms with Crippen LogP contribution in [0.5, 0.6) is 5.75 Å². The molecule has 0 N–H and O–H groups in total. The number of alkyl halides is 3. The molecule has 0 aromatic heterocycles. The SMILES string of the molecule is CC(C)=CCN(c1ccc(OCc2ccccc2)cc1)C1CCN(c2ccc(C(F)(F)F)cc2)CC1. The molecular formula is C30H33F3N2O. The van der Waals surface area contributed by atoms with Crippen LogP contribution in [0.15, 0.2) is 90.5 Å². The highest BCUT2D eigenvalue weighted by molar-refractivity contribution is 5.52. The van der Waals surface area contributed by atoms with Crippen molar-refractivity contribution in [2.24, 2.45) is 0 Å². The van der Waals surface area contributed by atoms with Gasteiger partial charge in [0.25, 0.3) is 0 Å². The molecule has 36 heavy (non-hydrogen) atoms. The predicted octanol–water partition coefficient (Wildman–Crippen LogP) is 7.73. The van der Waals surface area contributed by atoms with Gasteiger partial charge in [-0.2, -0.15) is 13.2 Å². The lowest BCUT2D eigenvalue weighted by Gasteiger charge is -2.40. The van der Waals surface area contributed by atoms with E-state index in [1.165, 1.54) is 17.7 Å². The van der Waals surface area contributed by atoms with Crippen LogP contribution in [0.3, 0.4) is 0 Å². The van der Waals surface area contributed by atoms with Gasteiger partial charge in [-0.3, -0.25) is 0 Å². The van der Waals surface area contributed by atoms with E-state index < -0.39 is 11.7 Å². The van der Waals surface area contributed by atoms with Crippen LogP contribution in [0.1, 0.15) is 37.8 Å². The Kier molecular flexibility index (Phi) is 8.24. The number of hydrogen-bond donors (Lipinski definition) is 0. The van der Waals surface area contributed by atoms with Crippen molar-refractivity contribution in [1.82, 2.24) is 0 Å². The van der Waals surface area contributed by atoms with Crippen LogP contribution in [0.4, 0.5) is 24.5 Å². The number of anilines is 2. The fraction of sp³-hybridized carbons (Fsp3) is 0.333. The molecular weight excluding hydrogens is 461 g/mol. The highest BCUT2D eigenvalue weighted by Crippen LogP contribution is 2.32. The highest BCUT2D eigenvalue weighted by Gasteiger charge is 2.30. The Hall–Kier alpha value is -3.41. The van der Waals surface area contributed by atoms with Gasteiger partial charge in [-0.1, -0.05) is 42.0 Å². The number of allylic oxidation sites excluding steroid dienone is 1. The Bertz CT molecular complexity index is 1110. The molecule has 0 unspecified atom stereocenters. The first-order chi connectivity index (χ1) is 17.3. The number of ether oxygens (including phenoxy) is 1. The zero-order chi connectivity index (χ0) is 25.5. The molecule has 6 heteroatoms. The largest absolute Gasteiger partial charge is 0.489 e. The van der Waals surface area contributed by atoms with E-state index in [-0.39, 0.29) is 0 Å². The summed E-state index contributed by atoms with van der Waals surface area (Å²) in [5.74, 6) is 0.835. The van der Waals surface area contributed by atoms with Gasteiger partial charge in [-0.05, 0) is 80.8 Å². The lowest BCUT2D eigenvalue weighted by Crippen LogP contribution is -2.45. The Labute approximate surface area is 211 Å². The van der Waals surface area contributed by atoms with Crippen LogP contribution in [-0.2, 0) is 12.8 Å². The molecule has 3 nitrogen and oxygen atoms in total. The maximum absolute atomic E-state index is 12.9. The summed E-state index contributed by atoms with van der Waals surface area (Å²) in [7, 11) is 0. The van der Waals surface area contributed by atoms with Crippen molar-refractivity contribution < 1.29 is 17.9 Å². The fourth-order valence-corrected chi connectivity index (χ4v) is 4.52. The van der Waals surface area contributed by atoms with Crippen molar-refractivity contribution in [3.63, 3.8) is 0 Å². The van der Waals surface area contributed by atoms with Crippen LogP contribution in [-0.4, -0.2) is 25.7 Å². The Morgan fingerprint density at radius 3 is 2.14 bits per heavy atom. The van der Waals surface area contributed by atoms with Gasteiger partial charge in [-0.25, -0.2) is 0 Å². The molecule has 0 saturated carbocycles. The molecule has 0 aliphatic carbocycles. The Balaban J connectivity index is 1.40. The summed E-state index contributed by atoms with van der Waals surface area (Å²) in [6.07, 6.45) is -0.200. The van der Waals surface area contributed by atoms with Crippen LogP contribution in [0, 0.1) is 0 Å². The van der Waals surface area contributed by atoms with E-state index >= 15 is 0 Å². The summed E-state index contributed by atoms with van der Waals surface area (Å²) < 4.78 is 44.7. The summed E-state index contributed by atoms with van der Waals surface area (Å²) in [6, 6.07) is 24.2. The fourth-order valence-electron chi connectivity index (χ4n) is 4.52. The average molecular weight is 495 g/mol.